The van der Waals surface area contributed by atoms with Crippen molar-refractivity contribution in [3.8, 4) is 5.75 Å². The van der Waals surface area contributed by atoms with Gasteiger partial charge in [0, 0.05) is 6.54 Å². The molecular formula is C15H14F2N2O2. The number of para-hydroxylation sites is 2. The smallest absolute Gasteiger partial charge is 0.258 e. The predicted molar refractivity (Wildman–Crippen MR) is 75.3 cm³/mol. The first kappa shape index (κ1) is 14.9. The molecule has 0 aliphatic rings. The molecule has 0 fully saturated rings. The molecule has 2 aromatic carbocycles. The molecule has 0 aliphatic carbocycles. The molecule has 0 radical (unpaired) electrons. The van der Waals surface area contributed by atoms with E-state index in [2.05, 4.69) is 5.32 Å². The standard InChI is InChI=1S/C15H14F2N2O2/c16-11-5-3-4-10(14(11)17)15(20)19-12-6-1-2-7-13(12)21-9-8-18/h1-7H,8-9,18H2,(H,19,20). The molecule has 0 saturated carbocycles. The maximum Gasteiger partial charge on any atom is 0.258 e. The van der Waals surface area contributed by atoms with Gasteiger partial charge in [-0.25, -0.2) is 8.78 Å². The number of halogens is 2. The second-order valence-corrected chi connectivity index (χ2v) is 4.19. The molecule has 0 unspecified atom stereocenters. The first-order valence-electron chi connectivity index (χ1n) is 6.30. The third-order valence-electron chi connectivity index (χ3n) is 2.71. The molecule has 2 rings (SSSR count). The Balaban J connectivity index is 2.22. The minimum atomic E-state index is -1.18. The number of anilines is 1. The summed E-state index contributed by atoms with van der Waals surface area (Å²) in [7, 11) is 0. The largest absolute Gasteiger partial charge is 0.490 e. The molecule has 0 spiro atoms. The zero-order valence-corrected chi connectivity index (χ0v) is 11.1. The van der Waals surface area contributed by atoms with Gasteiger partial charge in [-0.3, -0.25) is 4.79 Å². The van der Waals surface area contributed by atoms with Crippen LogP contribution >= 0.6 is 0 Å². The van der Waals surface area contributed by atoms with Crippen molar-refractivity contribution >= 4 is 11.6 Å². The number of rotatable bonds is 5. The van der Waals surface area contributed by atoms with Crippen molar-refractivity contribution in [1.82, 2.24) is 0 Å². The lowest BCUT2D eigenvalue weighted by molar-refractivity contribution is 0.102. The van der Waals surface area contributed by atoms with E-state index < -0.39 is 17.5 Å². The molecule has 110 valence electrons. The van der Waals surface area contributed by atoms with Crippen LogP contribution in [0.3, 0.4) is 0 Å². The number of hydrogen-bond donors (Lipinski definition) is 2. The molecule has 21 heavy (non-hydrogen) atoms. The molecule has 0 aromatic heterocycles. The van der Waals surface area contributed by atoms with Crippen LogP contribution in [0.15, 0.2) is 42.5 Å². The summed E-state index contributed by atoms with van der Waals surface area (Å²) in [4.78, 5) is 12.0. The lowest BCUT2D eigenvalue weighted by Gasteiger charge is -2.12. The number of carbonyl (C=O) groups excluding carboxylic acids is 1. The van der Waals surface area contributed by atoms with Crippen LogP contribution < -0.4 is 15.8 Å². The summed E-state index contributed by atoms with van der Waals surface area (Å²) >= 11 is 0. The van der Waals surface area contributed by atoms with Crippen LogP contribution in [0, 0.1) is 11.6 Å². The Morgan fingerprint density at radius 1 is 1.14 bits per heavy atom. The molecule has 6 heteroatoms. The van der Waals surface area contributed by atoms with Crippen molar-refractivity contribution in [2.24, 2.45) is 5.73 Å². The van der Waals surface area contributed by atoms with Crippen LogP contribution in [0.5, 0.6) is 5.75 Å². The molecule has 0 saturated heterocycles. The van der Waals surface area contributed by atoms with E-state index in [-0.39, 0.29) is 12.2 Å². The van der Waals surface area contributed by atoms with E-state index in [0.717, 1.165) is 6.07 Å². The molecule has 4 nitrogen and oxygen atoms in total. The van der Waals surface area contributed by atoms with Crippen molar-refractivity contribution in [2.45, 2.75) is 0 Å². The second-order valence-electron chi connectivity index (χ2n) is 4.19. The van der Waals surface area contributed by atoms with E-state index in [4.69, 9.17) is 10.5 Å². The minimum absolute atomic E-state index is 0.279. The molecule has 0 atom stereocenters. The third kappa shape index (κ3) is 3.55. The van der Waals surface area contributed by atoms with Crippen molar-refractivity contribution in [1.29, 1.82) is 0 Å². The van der Waals surface area contributed by atoms with Gasteiger partial charge in [0.2, 0.25) is 0 Å². The van der Waals surface area contributed by atoms with Gasteiger partial charge in [-0.2, -0.15) is 0 Å². The summed E-state index contributed by atoms with van der Waals surface area (Å²) in [6, 6.07) is 10.1. The van der Waals surface area contributed by atoms with Gasteiger partial charge in [-0.15, -0.1) is 0 Å². The van der Waals surface area contributed by atoms with Crippen LogP contribution in [0.25, 0.3) is 0 Å². The number of benzene rings is 2. The van der Waals surface area contributed by atoms with Crippen LogP contribution in [0.2, 0.25) is 0 Å². The molecule has 0 aliphatic heterocycles. The number of nitrogens with one attached hydrogen (secondary N) is 1. The minimum Gasteiger partial charge on any atom is -0.490 e. The van der Waals surface area contributed by atoms with E-state index in [9.17, 15) is 13.6 Å². The average Bonchev–Trinajstić information content (AvgIpc) is 2.49. The highest BCUT2D eigenvalue weighted by molar-refractivity contribution is 6.05. The fourth-order valence-electron chi connectivity index (χ4n) is 1.73. The first-order valence-corrected chi connectivity index (χ1v) is 6.30. The van der Waals surface area contributed by atoms with E-state index in [1.165, 1.54) is 12.1 Å². The maximum absolute atomic E-state index is 13.6. The van der Waals surface area contributed by atoms with Gasteiger partial charge < -0.3 is 15.8 Å². The summed E-state index contributed by atoms with van der Waals surface area (Å²) in [6.07, 6.45) is 0. The summed E-state index contributed by atoms with van der Waals surface area (Å²) in [5, 5.41) is 2.49. The fourth-order valence-corrected chi connectivity index (χ4v) is 1.73. The quantitative estimate of drug-likeness (QED) is 0.890. The summed E-state index contributed by atoms with van der Waals surface area (Å²) in [6.45, 7) is 0.599. The second kappa shape index (κ2) is 6.81. The predicted octanol–water partition coefficient (Wildman–Crippen LogP) is 2.55. The van der Waals surface area contributed by atoms with Crippen molar-refractivity contribution in [3.05, 3.63) is 59.7 Å². The maximum atomic E-state index is 13.6. The van der Waals surface area contributed by atoms with Crippen molar-refractivity contribution in [2.75, 3.05) is 18.5 Å². The molecule has 1 amide bonds. The Morgan fingerprint density at radius 3 is 2.67 bits per heavy atom. The van der Waals surface area contributed by atoms with Crippen LogP contribution in [0.4, 0.5) is 14.5 Å². The molecule has 3 N–H and O–H groups in total. The molecule has 2 aromatic rings. The highest BCUT2D eigenvalue weighted by atomic mass is 19.2. The number of carbonyl (C=O) groups is 1. The van der Waals surface area contributed by atoms with E-state index in [1.807, 2.05) is 0 Å². The lowest BCUT2D eigenvalue weighted by Crippen LogP contribution is -2.16. The summed E-state index contributed by atoms with van der Waals surface area (Å²) < 4.78 is 32.1. The highest BCUT2D eigenvalue weighted by Gasteiger charge is 2.16. The highest BCUT2D eigenvalue weighted by Crippen LogP contribution is 2.24. The van der Waals surface area contributed by atoms with Gasteiger partial charge in [-0.05, 0) is 24.3 Å². The van der Waals surface area contributed by atoms with E-state index in [1.54, 1.807) is 24.3 Å². The Labute approximate surface area is 120 Å². The summed E-state index contributed by atoms with van der Waals surface area (Å²) in [5.41, 5.74) is 5.34. The zero-order chi connectivity index (χ0) is 15.2. The average molecular weight is 292 g/mol. The SMILES string of the molecule is NCCOc1ccccc1NC(=O)c1cccc(F)c1F. The van der Waals surface area contributed by atoms with Gasteiger partial charge in [0.25, 0.3) is 5.91 Å². The normalized spacial score (nSPS) is 10.2. The van der Waals surface area contributed by atoms with Crippen LogP contribution in [0.1, 0.15) is 10.4 Å². The fraction of sp³-hybridized carbons (Fsp3) is 0.133. The summed E-state index contributed by atoms with van der Waals surface area (Å²) in [5.74, 6) is -2.60. The van der Waals surface area contributed by atoms with Gasteiger partial charge >= 0.3 is 0 Å². The van der Waals surface area contributed by atoms with Crippen molar-refractivity contribution < 1.29 is 18.3 Å². The molecule has 0 heterocycles. The third-order valence-corrected chi connectivity index (χ3v) is 2.71. The zero-order valence-electron chi connectivity index (χ0n) is 11.1. The van der Waals surface area contributed by atoms with Crippen LogP contribution in [-0.4, -0.2) is 19.1 Å². The van der Waals surface area contributed by atoms with Gasteiger partial charge in [0.15, 0.2) is 11.6 Å². The number of ether oxygens (including phenoxy) is 1. The molecular weight excluding hydrogens is 278 g/mol. The van der Waals surface area contributed by atoms with Crippen LogP contribution in [-0.2, 0) is 0 Å². The number of nitrogens with two attached hydrogens (primary N) is 1. The topological polar surface area (TPSA) is 64.3 Å². The Kier molecular flexibility index (Phi) is 4.84. The van der Waals surface area contributed by atoms with Gasteiger partial charge in [0.1, 0.15) is 12.4 Å². The molecule has 0 bridgehead atoms. The Hall–Kier alpha value is -2.47. The van der Waals surface area contributed by atoms with E-state index in [0.29, 0.717) is 18.0 Å². The Bertz CT molecular complexity index is 647. The van der Waals surface area contributed by atoms with Gasteiger partial charge in [0.05, 0.1) is 11.3 Å². The Morgan fingerprint density at radius 2 is 1.90 bits per heavy atom. The van der Waals surface area contributed by atoms with E-state index >= 15 is 0 Å². The number of hydrogen-bond acceptors (Lipinski definition) is 3. The first-order chi connectivity index (χ1) is 10.1. The monoisotopic (exact) mass is 292 g/mol. The van der Waals surface area contributed by atoms with Crippen molar-refractivity contribution in [3.63, 3.8) is 0 Å². The number of amides is 1. The van der Waals surface area contributed by atoms with Gasteiger partial charge in [-0.1, -0.05) is 18.2 Å². The lowest BCUT2D eigenvalue weighted by atomic mass is 10.2.